The second kappa shape index (κ2) is 7.29. The molecule has 0 saturated heterocycles. The number of hydrogen-bond acceptors (Lipinski definition) is 3. The molecule has 0 aliphatic heterocycles. The van der Waals surface area contributed by atoms with Crippen LogP contribution in [0.1, 0.15) is 62.7 Å². The van der Waals surface area contributed by atoms with Gasteiger partial charge in [0.15, 0.2) is 5.82 Å². The monoisotopic (exact) mass is 294 g/mol. The van der Waals surface area contributed by atoms with E-state index in [2.05, 4.69) is 24.0 Å². The molecule has 0 fully saturated rings. The summed E-state index contributed by atoms with van der Waals surface area (Å²) in [6.07, 6.45) is 4.02. The van der Waals surface area contributed by atoms with Gasteiger partial charge in [0.25, 0.3) is 0 Å². The molecular weight excluding hydrogens is 274 g/mol. The van der Waals surface area contributed by atoms with Gasteiger partial charge in [0, 0.05) is 17.9 Å². The van der Waals surface area contributed by atoms with Gasteiger partial charge >= 0.3 is 0 Å². The highest BCUT2D eigenvalue weighted by Crippen LogP contribution is 2.25. The third-order valence-corrected chi connectivity index (χ3v) is 3.50. The normalized spacial score (nSPS) is 11.3. The van der Waals surface area contributed by atoms with Crippen molar-refractivity contribution in [3.63, 3.8) is 0 Å². The molecular formula is C16H20F2N2O. The number of nitrogens with zero attached hydrogens (tertiary/aromatic N) is 2. The Hall–Kier alpha value is -1.78. The SMILES string of the molecule is CCCC(CCC)c1nc(Cc2c(F)cccc2F)no1. The van der Waals surface area contributed by atoms with E-state index in [-0.39, 0.29) is 17.9 Å². The molecule has 0 saturated carbocycles. The zero-order valence-electron chi connectivity index (χ0n) is 12.4. The molecule has 0 amide bonds. The number of halogens is 2. The van der Waals surface area contributed by atoms with Gasteiger partial charge in [-0.3, -0.25) is 0 Å². The molecule has 0 radical (unpaired) electrons. The Morgan fingerprint density at radius 1 is 1.10 bits per heavy atom. The summed E-state index contributed by atoms with van der Waals surface area (Å²) in [5.74, 6) is -0.0385. The van der Waals surface area contributed by atoms with Gasteiger partial charge < -0.3 is 4.52 Å². The largest absolute Gasteiger partial charge is 0.339 e. The molecule has 0 bridgehead atoms. The standard InChI is InChI=1S/C16H20F2N2O/c1-3-6-11(7-4-2)16-19-15(20-21-16)10-12-13(17)8-5-9-14(12)18/h5,8-9,11H,3-4,6-7,10H2,1-2H3. The fraction of sp³-hybridized carbons (Fsp3) is 0.500. The van der Waals surface area contributed by atoms with Crippen molar-refractivity contribution in [1.29, 1.82) is 0 Å². The Labute approximate surface area is 123 Å². The van der Waals surface area contributed by atoms with Gasteiger partial charge in [0.1, 0.15) is 11.6 Å². The topological polar surface area (TPSA) is 38.9 Å². The van der Waals surface area contributed by atoms with E-state index in [1.807, 2.05) is 0 Å². The van der Waals surface area contributed by atoms with Crippen molar-refractivity contribution in [2.75, 3.05) is 0 Å². The lowest BCUT2D eigenvalue weighted by Crippen LogP contribution is -2.01. The minimum Gasteiger partial charge on any atom is -0.339 e. The van der Waals surface area contributed by atoms with Gasteiger partial charge in [0.05, 0.1) is 0 Å². The van der Waals surface area contributed by atoms with E-state index in [9.17, 15) is 8.78 Å². The van der Waals surface area contributed by atoms with Crippen LogP contribution in [0.3, 0.4) is 0 Å². The van der Waals surface area contributed by atoms with Crippen molar-refractivity contribution < 1.29 is 13.3 Å². The average Bonchev–Trinajstić information content (AvgIpc) is 2.91. The first-order chi connectivity index (χ1) is 10.2. The van der Waals surface area contributed by atoms with Crippen molar-refractivity contribution in [3.8, 4) is 0 Å². The van der Waals surface area contributed by atoms with Gasteiger partial charge in [-0.1, -0.05) is 37.9 Å². The summed E-state index contributed by atoms with van der Waals surface area (Å²) in [7, 11) is 0. The molecule has 0 spiro atoms. The molecule has 5 heteroatoms. The minimum absolute atomic E-state index is 0.00692. The van der Waals surface area contributed by atoms with E-state index in [4.69, 9.17) is 4.52 Å². The Morgan fingerprint density at radius 2 is 1.71 bits per heavy atom. The van der Waals surface area contributed by atoms with Gasteiger partial charge in [-0.2, -0.15) is 4.98 Å². The van der Waals surface area contributed by atoms with Crippen molar-refractivity contribution in [3.05, 3.63) is 47.1 Å². The lowest BCUT2D eigenvalue weighted by atomic mass is 9.98. The first-order valence-corrected chi connectivity index (χ1v) is 7.41. The van der Waals surface area contributed by atoms with Crippen LogP contribution in [0.2, 0.25) is 0 Å². The maximum absolute atomic E-state index is 13.6. The molecule has 0 unspecified atom stereocenters. The predicted molar refractivity (Wildman–Crippen MR) is 76.0 cm³/mol. The zero-order chi connectivity index (χ0) is 15.2. The summed E-state index contributed by atoms with van der Waals surface area (Å²) in [4.78, 5) is 4.31. The molecule has 0 aliphatic carbocycles. The van der Waals surface area contributed by atoms with E-state index in [0.717, 1.165) is 25.7 Å². The van der Waals surface area contributed by atoms with Crippen LogP contribution in [0.5, 0.6) is 0 Å². The third kappa shape index (κ3) is 3.86. The third-order valence-electron chi connectivity index (χ3n) is 3.50. The van der Waals surface area contributed by atoms with Crippen LogP contribution in [-0.4, -0.2) is 10.1 Å². The number of rotatable bonds is 7. The van der Waals surface area contributed by atoms with Crippen molar-refractivity contribution >= 4 is 0 Å². The van der Waals surface area contributed by atoms with Crippen LogP contribution in [0.4, 0.5) is 8.78 Å². The molecule has 1 heterocycles. The maximum Gasteiger partial charge on any atom is 0.229 e. The van der Waals surface area contributed by atoms with Crippen LogP contribution < -0.4 is 0 Å². The van der Waals surface area contributed by atoms with Crippen LogP contribution in [0.25, 0.3) is 0 Å². The lowest BCUT2D eigenvalue weighted by Gasteiger charge is -2.09. The molecule has 114 valence electrons. The minimum atomic E-state index is -0.583. The van der Waals surface area contributed by atoms with Crippen molar-refractivity contribution in [2.45, 2.75) is 51.9 Å². The average molecular weight is 294 g/mol. The predicted octanol–water partition coefficient (Wildman–Crippen LogP) is 4.62. The number of benzene rings is 1. The van der Waals surface area contributed by atoms with Gasteiger partial charge in [-0.05, 0) is 25.0 Å². The molecule has 21 heavy (non-hydrogen) atoms. The first-order valence-electron chi connectivity index (χ1n) is 7.41. The van der Waals surface area contributed by atoms with Gasteiger partial charge in [0.2, 0.25) is 5.89 Å². The second-order valence-electron chi connectivity index (χ2n) is 5.20. The van der Waals surface area contributed by atoms with Crippen molar-refractivity contribution in [1.82, 2.24) is 10.1 Å². The molecule has 1 aromatic carbocycles. The summed E-state index contributed by atoms with van der Waals surface area (Å²) < 4.78 is 32.5. The van der Waals surface area contributed by atoms with E-state index in [1.54, 1.807) is 0 Å². The van der Waals surface area contributed by atoms with E-state index in [0.29, 0.717) is 11.7 Å². The summed E-state index contributed by atoms with van der Waals surface area (Å²) in [6.45, 7) is 4.21. The summed E-state index contributed by atoms with van der Waals surface area (Å²) in [5.41, 5.74) is -0.0209. The maximum atomic E-state index is 13.6. The Bertz CT molecular complexity index is 557. The summed E-state index contributed by atoms with van der Waals surface area (Å²) >= 11 is 0. The van der Waals surface area contributed by atoms with Gasteiger partial charge in [-0.15, -0.1) is 0 Å². The molecule has 0 aliphatic rings. The highest BCUT2D eigenvalue weighted by atomic mass is 19.1. The van der Waals surface area contributed by atoms with E-state index >= 15 is 0 Å². The Morgan fingerprint density at radius 3 is 2.29 bits per heavy atom. The smallest absolute Gasteiger partial charge is 0.229 e. The van der Waals surface area contributed by atoms with Crippen LogP contribution in [0.15, 0.2) is 22.7 Å². The molecule has 2 aromatic rings. The number of aromatic nitrogens is 2. The molecule has 2 rings (SSSR count). The van der Waals surface area contributed by atoms with Crippen LogP contribution >= 0.6 is 0 Å². The lowest BCUT2D eigenvalue weighted by molar-refractivity contribution is 0.334. The summed E-state index contributed by atoms with van der Waals surface area (Å²) in [5, 5.41) is 3.86. The molecule has 0 N–H and O–H groups in total. The highest BCUT2D eigenvalue weighted by molar-refractivity contribution is 5.22. The molecule has 1 aromatic heterocycles. The Balaban J connectivity index is 2.16. The molecule has 3 nitrogen and oxygen atoms in total. The summed E-state index contributed by atoms with van der Waals surface area (Å²) in [6, 6.07) is 3.81. The van der Waals surface area contributed by atoms with Crippen LogP contribution in [0, 0.1) is 11.6 Å². The zero-order valence-corrected chi connectivity index (χ0v) is 12.4. The van der Waals surface area contributed by atoms with Crippen molar-refractivity contribution in [2.24, 2.45) is 0 Å². The first kappa shape index (κ1) is 15.6. The van der Waals surface area contributed by atoms with E-state index < -0.39 is 11.6 Å². The van der Waals surface area contributed by atoms with E-state index in [1.165, 1.54) is 18.2 Å². The molecule has 0 atom stereocenters. The number of hydrogen-bond donors (Lipinski definition) is 0. The second-order valence-corrected chi connectivity index (χ2v) is 5.20. The van der Waals surface area contributed by atoms with Crippen LogP contribution in [-0.2, 0) is 6.42 Å². The fourth-order valence-electron chi connectivity index (χ4n) is 2.45. The fourth-order valence-corrected chi connectivity index (χ4v) is 2.45. The Kier molecular flexibility index (Phi) is 5.42. The highest BCUT2D eigenvalue weighted by Gasteiger charge is 2.19. The van der Waals surface area contributed by atoms with Gasteiger partial charge in [-0.25, -0.2) is 8.78 Å². The quantitative estimate of drug-likeness (QED) is 0.747.